The van der Waals surface area contributed by atoms with Crippen LogP contribution in [0.2, 0.25) is 0 Å². The molecule has 2 aromatic heterocycles. The van der Waals surface area contributed by atoms with Gasteiger partial charge in [-0.15, -0.1) is 0 Å². The third-order valence-corrected chi connectivity index (χ3v) is 6.64. The van der Waals surface area contributed by atoms with E-state index in [0.29, 0.717) is 23.3 Å². The Labute approximate surface area is 228 Å². The second kappa shape index (κ2) is 11.4. The maximum absolute atomic E-state index is 12.8. The number of piperazine rings is 1. The van der Waals surface area contributed by atoms with Crippen LogP contribution in [0.15, 0.2) is 67.0 Å². The summed E-state index contributed by atoms with van der Waals surface area (Å²) in [7, 11) is 0. The van der Waals surface area contributed by atoms with Crippen molar-refractivity contribution >= 4 is 23.4 Å². The number of phenols is 1. The topological polar surface area (TPSA) is 105 Å². The number of fused-ring (bicyclic) bond motifs is 1. The van der Waals surface area contributed by atoms with Crippen LogP contribution < -0.4 is 15.8 Å². The number of allylic oxidation sites excluding steroid dienone is 1. The Morgan fingerprint density at radius 3 is 2.55 bits per heavy atom. The summed E-state index contributed by atoms with van der Waals surface area (Å²) in [5.41, 5.74) is 10.2. The molecule has 11 heteroatoms. The van der Waals surface area contributed by atoms with Crippen LogP contribution in [0.5, 0.6) is 11.5 Å². The number of nitrogens with zero attached hydrogens (tertiary/aromatic N) is 3. The number of nitrogens with one attached hydrogen (secondary N) is 1. The molecule has 0 saturated carbocycles. The zero-order chi connectivity index (χ0) is 28.3. The molecule has 1 fully saturated rings. The number of phenolic OH excluding ortho intramolecular Hbond substituents is 1. The molecule has 3 heterocycles. The summed E-state index contributed by atoms with van der Waals surface area (Å²) in [4.78, 5) is 18.2. The average Bonchev–Trinajstić information content (AvgIpc) is 3.32. The number of aromatic hydroxyl groups is 1. The molecule has 4 N–H and O–H groups in total. The second-order valence-electron chi connectivity index (χ2n) is 9.56. The fourth-order valence-corrected chi connectivity index (χ4v) is 4.57. The number of rotatable bonds is 7. The first-order valence-corrected chi connectivity index (χ1v) is 12.7. The van der Waals surface area contributed by atoms with Crippen molar-refractivity contribution in [1.82, 2.24) is 19.6 Å². The third-order valence-electron chi connectivity index (χ3n) is 6.64. The third kappa shape index (κ3) is 6.27. The lowest BCUT2D eigenvalue weighted by atomic mass is 10.1. The Kier molecular flexibility index (Phi) is 7.76. The number of halogens is 3. The van der Waals surface area contributed by atoms with Crippen LogP contribution in [-0.2, 0) is 17.8 Å². The fourth-order valence-electron chi connectivity index (χ4n) is 4.57. The standard InChI is InChI=1S/C29H28F3N5O3/c30-29(31,32)28(39)40-25-6-2-5-24(38)27(25)23-18-37-17-21(22(33)15-26(37)35-23)4-1-3-19-7-9-20(10-8-19)16-36-13-11-34-12-14-36/h1-2,4-10,15,17-18,34,38H,3,11-14,16,33H2/b4-1+. The second-order valence-corrected chi connectivity index (χ2v) is 9.56. The molecule has 40 heavy (non-hydrogen) atoms. The molecule has 5 rings (SSSR count). The van der Waals surface area contributed by atoms with E-state index in [0.717, 1.165) is 44.4 Å². The first-order chi connectivity index (χ1) is 19.2. The zero-order valence-corrected chi connectivity index (χ0v) is 21.5. The van der Waals surface area contributed by atoms with E-state index in [1.807, 2.05) is 12.2 Å². The quantitative estimate of drug-likeness (QED) is 0.231. The van der Waals surface area contributed by atoms with E-state index in [9.17, 15) is 23.1 Å². The number of hydrogen-bond donors (Lipinski definition) is 3. The van der Waals surface area contributed by atoms with Crippen LogP contribution in [0.25, 0.3) is 23.0 Å². The van der Waals surface area contributed by atoms with E-state index < -0.39 is 17.9 Å². The van der Waals surface area contributed by atoms with Crippen molar-refractivity contribution in [2.45, 2.75) is 19.1 Å². The number of aromatic nitrogens is 2. The number of anilines is 1. The summed E-state index contributed by atoms with van der Waals surface area (Å²) in [5, 5.41) is 13.7. The van der Waals surface area contributed by atoms with Gasteiger partial charge in [0.15, 0.2) is 0 Å². The molecule has 0 radical (unpaired) electrons. The molecule has 0 unspecified atom stereocenters. The highest BCUT2D eigenvalue weighted by atomic mass is 19.4. The van der Waals surface area contributed by atoms with Crippen LogP contribution in [0.4, 0.5) is 18.9 Å². The predicted molar refractivity (Wildman–Crippen MR) is 146 cm³/mol. The van der Waals surface area contributed by atoms with E-state index in [4.69, 9.17) is 5.73 Å². The molecule has 2 aromatic carbocycles. The van der Waals surface area contributed by atoms with Crippen molar-refractivity contribution < 1.29 is 27.8 Å². The van der Waals surface area contributed by atoms with Crippen molar-refractivity contribution in [3.05, 3.63) is 83.7 Å². The Bertz CT molecular complexity index is 1540. The van der Waals surface area contributed by atoms with Crippen LogP contribution in [0.3, 0.4) is 0 Å². The molecule has 1 aliphatic rings. The van der Waals surface area contributed by atoms with Crippen LogP contribution in [0.1, 0.15) is 16.7 Å². The smallest absolute Gasteiger partial charge is 0.491 e. The number of ether oxygens (including phenoxy) is 1. The number of carbonyl (C=O) groups is 1. The fraction of sp³-hybridized carbons (Fsp3) is 0.241. The minimum absolute atomic E-state index is 0.115. The lowest BCUT2D eigenvalue weighted by Crippen LogP contribution is -2.42. The molecule has 208 valence electrons. The summed E-state index contributed by atoms with van der Waals surface area (Å²) in [5.74, 6) is -3.24. The number of alkyl halides is 3. The highest BCUT2D eigenvalue weighted by Gasteiger charge is 2.42. The highest BCUT2D eigenvalue weighted by Crippen LogP contribution is 2.38. The van der Waals surface area contributed by atoms with E-state index in [2.05, 4.69) is 44.2 Å². The van der Waals surface area contributed by atoms with Crippen molar-refractivity contribution in [1.29, 1.82) is 0 Å². The number of nitrogen functional groups attached to an aromatic ring is 1. The molecule has 1 aliphatic heterocycles. The van der Waals surface area contributed by atoms with Gasteiger partial charge in [-0.2, -0.15) is 13.2 Å². The number of imidazole rings is 1. The number of benzene rings is 2. The van der Waals surface area contributed by atoms with Gasteiger partial charge in [0.2, 0.25) is 0 Å². The normalized spacial score (nSPS) is 14.7. The summed E-state index contributed by atoms with van der Waals surface area (Å²) in [6, 6.07) is 13.9. The summed E-state index contributed by atoms with van der Waals surface area (Å²) in [6.07, 6.45) is 2.65. The molecule has 0 aliphatic carbocycles. The monoisotopic (exact) mass is 551 g/mol. The lowest BCUT2D eigenvalue weighted by Gasteiger charge is -2.27. The SMILES string of the molecule is Nc1cc2nc(-c3c(O)cccc3OC(=O)C(F)(F)F)cn2cc1/C=C/Cc1ccc(CN2CCNCC2)cc1. The Hall–Kier alpha value is -4.35. The number of hydrogen-bond acceptors (Lipinski definition) is 7. The Morgan fingerprint density at radius 2 is 1.82 bits per heavy atom. The van der Waals surface area contributed by atoms with Gasteiger partial charge in [-0.3, -0.25) is 4.90 Å². The molecule has 1 saturated heterocycles. The van der Waals surface area contributed by atoms with Crippen LogP contribution in [0, 0.1) is 0 Å². The molecule has 0 amide bonds. The van der Waals surface area contributed by atoms with Gasteiger partial charge in [0.1, 0.15) is 17.1 Å². The Balaban J connectivity index is 1.31. The van der Waals surface area contributed by atoms with Gasteiger partial charge < -0.3 is 25.3 Å². The van der Waals surface area contributed by atoms with Crippen molar-refractivity contribution in [2.24, 2.45) is 0 Å². The van der Waals surface area contributed by atoms with Gasteiger partial charge in [0, 0.05) is 62.4 Å². The Morgan fingerprint density at radius 1 is 1.10 bits per heavy atom. The summed E-state index contributed by atoms with van der Waals surface area (Å²) < 4.78 is 44.4. The highest BCUT2D eigenvalue weighted by molar-refractivity contribution is 5.83. The first kappa shape index (κ1) is 27.2. The molecule has 0 spiro atoms. The minimum Gasteiger partial charge on any atom is -0.507 e. The van der Waals surface area contributed by atoms with E-state index in [1.165, 1.54) is 23.9 Å². The molecular formula is C29H28F3N5O3. The van der Waals surface area contributed by atoms with E-state index in [1.54, 1.807) is 16.7 Å². The number of nitrogens with two attached hydrogens (primary N) is 1. The van der Waals surface area contributed by atoms with Crippen LogP contribution >= 0.6 is 0 Å². The van der Waals surface area contributed by atoms with Crippen molar-refractivity contribution in [3.8, 4) is 22.8 Å². The van der Waals surface area contributed by atoms with Crippen LogP contribution in [-0.4, -0.2) is 57.7 Å². The predicted octanol–water partition coefficient (Wildman–Crippen LogP) is 4.42. The first-order valence-electron chi connectivity index (χ1n) is 12.7. The maximum atomic E-state index is 12.8. The molecule has 4 aromatic rings. The van der Waals surface area contributed by atoms with Gasteiger partial charge in [-0.05, 0) is 29.7 Å². The molecule has 8 nitrogen and oxygen atoms in total. The molecule has 0 bridgehead atoms. The van der Waals surface area contributed by atoms with Gasteiger partial charge in [0.25, 0.3) is 0 Å². The number of esters is 1. The lowest BCUT2D eigenvalue weighted by molar-refractivity contribution is -0.189. The van der Waals surface area contributed by atoms with Gasteiger partial charge >= 0.3 is 12.1 Å². The molecular weight excluding hydrogens is 523 g/mol. The zero-order valence-electron chi connectivity index (χ0n) is 21.5. The maximum Gasteiger partial charge on any atom is 0.491 e. The van der Waals surface area contributed by atoms with Crippen molar-refractivity contribution in [2.75, 3.05) is 31.9 Å². The molecule has 0 atom stereocenters. The summed E-state index contributed by atoms with van der Waals surface area (Å²) >= 11 is 0. The average molecular weight is 552 g/mol. The van der Waals surface area contributed by atoms with E-state index >= 15 is 0 Å². The van der Waals surface area contributed by atoms with Gasteiger partial charge in [-0.25, -0.2) is 9.78 Å². The van der Waals surface area contributed by atoms with Crippen molar-refractivity contribution in [3.63, 3.8) is 0 Å². The van der Waals surface area contributed by atoms with Gasteiger partial charge in [-0.1, -0.05) is 42.5 Å². The number of pyridine rings is 1. The largest absolute Gasteiger partial charge is 0.507 e. The summed E-state index contributed by atoms with van der Waals surface area (Å²) in [6.45, 7) is 5.08. The van der Waals surface area contributed by atoms with E-state index in [-0.39, 0.29) is 17.0 Å². The van der Waals surface area contributed by atoms with Gasteiger partial charge in [0.05, 0.1) is 11.3 Å². The minimum atomic E-state index is -5.19. The number of carbonyl (C=O) groups excluding carboxylic acids is 1.